The summed E-state index contributed by atoms with van der Waals surface area (Å²) >= 11 is 0. The molecule has 1 heterocycles. The lowest BCUT2D eigenvalue weighted by Crippen LogP contribution is -2.45. The first-order valence-electron chi connectivity index (χ1n) is 7.45. The summed E-state index contributed by atoms with van der Waals surface area (Å²) in [5.74, 6) is 0.460. The summed E-state index contributed by atoms with van der Waals surface area (Å²) in [7, 11) is 3.19. The monoisotopic (exact) mass is 305 g/mol. The number of amides is 2. The minimum atomic E-state index is -0.213. The molecule has 2 amide bonds. The number of carbonyl (C=O) groups is 2. The molecule has 1 fully saturated rings. The van der Waals surface area contributed by atoms with Crippen molar-refractivity contribution in [3.05, 3.63) is 23.8 Å². The van der Waals surface area contributed by atoms with Gasteiger partial charge in [-0.3, -0.25) is 14.5 Å². The first-order valence-corrected chi connectivity index (χ1v) is 7.45. The van der Waals surface area contributed by atoms with Gasteiger partial charge in [0, 0.05) is 7.05 Å². The lowest BCUT2D eigenvalue weighted by atomic mass is 10.2. The lowest BCUT2D eigenvalue weighted by Gasteiger charge is -2.22. The summed E-state index contributed by atoms with van der Waals surface area (Å²) in [5.41, 5.74) is 1.70. The number of rotatable bonds is 5. The van der Waals surface area contributed by atoms with Crippen LogP contribution in [0, 0.1) is 6.92 Å². The number of likely N-dealkylation sites (N-methyl/N-ethyl adjacent to an activating group) is 1. The predicted molar refractivity (Wildman–Crippen MR) is 85.0 cm³/mol. The molecular formula is C16H23N3O3. The first-order chi connectivity index (χ1) is 10.5. The molecule has 1 aromatic rings. The number of ether oxygens (including phenoxy) is 1. The van der Waals surface area contributed by atoms with Gasteiger partial charge in [0.2, 0.25) is 11.8 Å². The number of nitrogens with zero attached hydrogens (tertiary/aromatic N) is 1. The van der Waals surface area contributed by atoms with E-state index in [-0.39, 0.29) is 24.4 Å². The van der Waals surface area contributed by atoms with E-state index in [0.29, 0.717) is 11.4 Å². The Morgan fingerprint density at radius 1 is 1.41 bits per heavy atom. The van der Waals surface area contributed by atoms with Crippen LogP contribution in [-0.4, -0.2) is 50.0 Å². The van der Waals surface area contributed by atoms with E-state index in [4.69, 9.17) is 4.74 Å². The second-order valence-electron chi connectivity index (χ2n) is 5.49. The Labute approximate surface area is 130 Å². The summed E-state index contributed by atoms with van der Waals surface area (Å²) in [5, 5.41) is 5.52. The van der Waals surface area contributed by atoms with Crippen molar-refractivity contribution in [2.24, 2.45) is 0 Å². The van der Waals surface area contributed by atoms with E-state index in [9.17, 15) is 9.59 Å². The molecule has 120 valence electrons. The standard InChI is InChI=1S/C16H23N3O3/c1-11-6-7-14(22-3)12(9-11)18-15(20)10-19-8-4-5-13(19)16(21)17-2/h6-7,9,13H,4-5,8,10H2,1-3H3,(H,17,21)(H,18,20)/t13-/m1/s1. The molecule has 2 rings (SSSR count). The Balaban J connectivity index is 2.01. The van der Waals surface area contributed by atoms with Crippen LogP contribution in [-0.2, 0) is 9.59 Å². The molecule has 1 aliphatic rings. The Hall–Kier alpha value is -2.08. The summed E-state index contributed by atoms with van der Waals surface area (Å²) in [6, 6.07) is 5.41. The van der Waals surface area contributed by atoms with Crippen LogP contribution in [0.5, 0.6) is 5.75 Å². The van der Waals surface area contributed by atoms with E-state index < -0.39 is 0 Å². The number of benzene rings is 1. The molecule has 0 unspecified atom stereocenters. The second-order valence-corrected chi connectivity index (χ2v) is 5.49. The fraction of sp³-hybridized carbons (Fsp3) is 0.500. The molecule has 1 atom stereocenters. The molecule has 1 aromatic carbocycles. The smallest absolute Gasteiger partial charge is 0.238 e. The van der Waals surface area contributed by atoms with Crippen LogP contribution in [0.3, 0.4) is 0 Å². The van der Waals surface area contributed by atoms with Gasteiger partial charge < -0.3 is 15.4 Å². The van der Waals surface area contributed by atoms with Crippen molar-refractivity contribution in [3.63, 3.8) is 0 Å². The van der Waals surface area contributed by atoms with Crippen LogP contribution in [0.2, 0.25) is 0 Å². The molecule has 0 aromatic heterocycles. The second kappa shape index (κ2) is 7.26. The van der Waals surface area contributed by atoms with Crippen molar-refractivity contribution in [1.29, 1.82) is 0 Å². The largest absolute Gasteiger partial charge is 0.495 e. The third-order valence-corrected chi connectivity index (χ3v) is 3.89. The highest BCUT2D eigenvalue weighted by atomic mass is 16.5. The molecule has 0 radical (unpaired) electrons. The molecule has 2 N–H and O–H groups in total. The predicted octanol–water partition coefficient (Wildman–Crippen LogP) is 1.15. The van der Waals surface area contributed by atoms with Crippen molar-refractivity contribution in [2.75, 3.05) is 32.6 Å². The Kier molecular flexibility index (Phi) is 5.38. The van der Waals surface area contributed by atoms with Gasteiger partial charge in [0.1, 0.15) is 5.75 Å². The van der Waals surface area contributed by atoms with E-state index in [1.807, 2.05) is 30.0 Å². The summed E-state index contributed by atoms with van der Waals surface area (Å²) in [6.45, 7) is 2.92. The average Bonchev–Trinajstić information content (AvgIpc) is 2.94. The zero-order chi connectivity index (χ0) is 16.1. The lowest BCUT2D eigenvalue weighted by molar-refractivity contribution is -0.126. The van der Waals surface area contributed by atoms with Gasteiger partial charge in [-0.05, 0) is 44.0 Å². The number of hydrogen-bond acceptors (Lipinski definition) is 4. The highest BCUT2D eigenvalue weighted by molar-refractivity contribution is 5.94. The summed E-state index contributed by atoms with van der Waals surface area (Å²) in [4.78, 5) is 26.0. The summed E-state index contributed by atoms with van der Waals surface area (Å²) in [6.07, 6.45) is 1.72. The number of nitrogens with one attached hydrogen (secondary N) is 2. The van der Waals surface area contributed by atoms with Gasteiger partial charge in [0.25, 0.3) is 0 Å². The van der Waals surface area contributed by atoms with Crippen LogP contribution in [0.1, 0.15) is 18.4 Å². The SMILES string of the molecule is CNC(=O)[C@H]1CCCN1CC(=O)Nc1cc(C)ccc1OC. The number of aryl methyl sites for hydroxylation is 1. The Morgan fingerprint density at radius 3 is 2.86 bits per heavy atom. The zero-order valence-electron chi connectivity index (χ0n) is 13.3. The van der Waals surface area contributed by atoms with E-state index >= 15 is 0 Å². The normalized spacial score (nSPS) is 18.0. The topological polar surface area (TPSA) is 70.7 Å². The number of carbonyl (C=O) groups excluding carboxylic acids is 2. The molecular weight excluding hydrogens is 282 g/mol. The first kappa shape index (κ1) is 16.3. The summed E-state index contributed by atoms with van der Waals surface area (Å²) < 4.78 is 5.26. The quantitative estimate of drug-likeness (QED) is 0.856. The minimum Gasteiger partial charge on any atom is -0.495 e. The van der Waals surface area contributed by atoms with Crippen molar-refractivity contribution in [1.82, 2.24) is 10.2 Å². The Morgan fingerprint density at radius 2 is 2.18 bits per heavy atom. The van der Waals surface area contributed by atoms with Crippen LogP contribution in [0.15, 0.2) is 18.2 Å². The maximum atomic E-state index is 12.3. The molecule has 0 saturated carbocycles. The number of likely N-dealkylation sites (tertiary alicyclic amines) is 1. The fourth-order valence-electron chi connectivity index (χ4n) is 2.77. The van der Waals surface area contributed by atoms with Crippen LogP contribution in [0.4, 0.5) is 5.69 Å². The van der Waals surface area contributed by atoms with Crippen molar-refractivity contribution in [2.45, 2.75) is 25.8 Å². The van der Waals surface area contributed by atoms with Gasteiger partial charge in [-0.1, -0.05) is 6.07 Å². The highest BCUT2D eigenvalue weighted by Crippen LogP contribution is 2.25. The van der Waals surface area contributed by atoms with Gasteiger partial charge in [-0.15, -0.1) is 0 Å². The van der Waals surface area contributed by atoms with E-state index in [2.05, 4.69) is 10.6 Å². The molecule has 6 heteroatoms. The van der Waals surface area contributed by atoms with Crippen LogP contribution in [0.25, 0.3) is 0 Å². The van der Waals surface area contributed by atoms with Crippen molar-refractivity contribution >= 4 is 17.5 Å². The maximum absolute atomic E-state index is 12.3. The molecule has 0 aliphatic carbocycles. The maximum Gasteiger partial charge on any atom is 0.238 e. The van der Waals surface area contributed by atoms with E-state index in [1.165, 1.54) is 0 Å². The molecule has 1 aliphatic heterocycles. The third-order valence-electron chi connectivity index (χ3n) is 3.89. The molecule has 0 spiro atoms. The molecule has 1 saturated heterocycles. The fourth-order valence-corrected chi connectivity index (χ4v) is 2.77. The van der Waals surface area contributed by atoms with E-state index in [1.54, 1.807) is 14.2 Å². The average molecular weight is 305 g/mol. The number of anilines is 1. The van der Waals surface area contributed by atoms with Gasteiger partial charge in [-0.25, -0.2) is 0 Å². The molecule has 6 nitrogen and oxygen atoms in total. The third kappa shape index (κ3) is 3.76. The molecule has 0 bridgehead atoms. The van der Waals surface area contributed by atoms with Crippen molar-refractivity contribution in [3.8, 4) is 5.75 Å². The number of methoxy groups -OCH3 is 1. The minimum absolute atomic E-state index is 0.0292. The van der Waals surface area contributed by atoms with E-state index in [0.717, 1.165) is 24.9 Å². The van der Waals surface area contributed by atoms with Crippen LogP contribution < -0.4 is 15.4 Å². The van der Waals surface area contributed by atoms with Crippen LogP contribution >= 0.6 is 0 Å². The van der Waals surface area contributed by atoms with Gasteiger partial charge in [-0.2, -0.15) is 0 Å². The van der Waals surface area contributed by atoms with Gasteiger partial charge in [0.15, 0.2) is 0 Å². The molecule has 22 heavy (non-hydrogen) atoms. The van der Waals surface area contributed by atoms with Gasteiger partial charge in [0.05, 0.1) is 25.4 Å². The van der Waals surface area contributed by atoms with Crippen molar-refractivity contribution < 1.29 is 14.3 Å². The number of hydrogen-bond donors (Lipinski definition) is 2. The van der Waals surface area contributed by atoms with Gasteiger partial charge >= 0.3 is 0 Å². The highest BCUT2D eigenvalue weighted by Gasteiger charge is 2.31. The zero-order valence-corrected chi connectivity index (χ0v) is 13.3. The Bertz CT molecular complexity index is 560.